The van der Waals surface area contributed by atoms with E-state index in [9.17, 15) is 4.79 Å². The first-order valence-corrected chi connectivity index (χ1v) is 7.59. The van der Waals surface area contributed by atoms with Crippen LogP contribution in [-0.4, -0.2) is 58.3 Å². The summed E-state index contributed by atoms with van der Waals surface area (Å²) < 4.78 is 6.54. The van der Waals surface area contributed by atoms with Crippen LogP contribution in [0.25, 0.3) is 0 Å². The number of hydrogen-bond donors (Lipinski definition) is 1. The van der Waals surface area contributed by atoms with Gasteiger partial charge in [-0.1, -0.05) is 0 Å². The molecule has 1 aliphatic rings. The van der Waals surface area contributed by atoms with Gasteiger partial charge in [0.1, 0.15) is 18.7 Å². The molecule has 0 bridgehead atoms. The number of hydrogen-bond acceptors (Lipinski definition) is 5. The molecule has 0 aliphatic carbocycles. The van der Waals surface area contributed by atoms with Crippen LogP contribution in [0.3, 0.4) is 0 Å². The summed E-state index contributed by atoms with van der Waals surface area (Å²) in [7, 11) is 3.30. The minimum absolute atomic E-state index is 0.00265. The van der Waals surface area contributed by atoms with Gasteiger partial charge in [0.15, 0.2) is 5.96 Å². The number of ether oxygens (including phenoxy) is 1. The molecular weight excluding hydrogens is 284 g/mol. The number of nitrogens with zero attached hydrogens (tertiary/aromatic N) is 5. The van der Waals surface area contributed by atoms with Crippen molar-refractivity contribution in [1.29, 1.82) is 0 Å². The van der Waals surface area contributed by atoms with Crippen molar-refractivity contribution >= 4 is 11.9 Å². The fourth-order valence-electron chi connectivity index (χ4n) is 2.53. The third kappa shape index (κ3) is 3.96. The molecule has 0 spiro atoms. The molecule has 1 saturated heterocycles. The molecule has 1 N–H and O–H groups in total. The van der Waals surface area contributed by atoms with Gasteiger partial charge in [0, 0.05) is 26.7 Å². The molecule has 2 rings (SSSR count). The lowest BCUT2D eigenvalue weighted by Crippen LogP contribution is -2.46. The molecule has 22 heavy (non-hydrogen) atoms. The highest BCUT2D eigenvalue weighted by atomic mass is 16.5. The Bertz CT molecular complexity index is 519. The first kappa shape index (κ1) is 16.3. The van der Waals surface area contributed by atoms with Crippen LogP contribution in [0, 0.1) is 5.92 Å². The van der Waals surface area contributed by atoms with E-state index in [0.29, 0.717) is 6.54 Å². The van der Waals surface area contributed by atoms with E-state index in [-0.39, 0.29) is 11.9 Å². The number of aryl methyl sites for hydroxylation is 1. The standard InChI is InChI=1S/C14H24N6O2/c1-4-15-14(16-9-12-17-10-18-19(12)2)20-7-5-11(6-8-20)13(21)22-3/h10-11H,4-9H2,1-3H3,(H,15,16). The number of methoxy groups -OCH3 is 1. The third-order valence-corrected chi connectivity index (χ3v) is 3.84. The summed E-state index contributed by atoms with van der Waals surface area (Å²) in [5, 5.41) is 7.34. The zero-order valence-corrected chi connectivity index (χ0v) is 13.4. The summed E-state index contributed by atoms with van der Waals surface area (Å²) in [6, 6.07) is 0. The van der Waals surface area contributed by atoms with Crippen molar-refractivity contribution in [3.63, 3.8) is 0 Å². The SMILES string of the molecule is CCNC(=NCc1ncnn1C)N1CCC(C(=O)OC)CC1. The van der Waals surface area contributed by atoms with Gasteiger partial charge in [0.2, 0.25) is 0 Å². The third-order valence-electron chi connectivity index (χ3n) is 3.84. The van der Waals surface area contributed by atoms with Crippen LogP contribution in [0.2, 0.25) is 0 Å². The van der Waals surface area contributed by atoms with Gasteiger partial charge in [-0.3, -0.25) is 9.48 Å². The lowest BCUT2D eigenvalue weighted by Gasteiger charge is -2.33. The smallest absolute Gasteiger partial charge is 0.308 e. The van der Waals surface area contributed by atoms with E-state index in [1.165, 1.54) is 13.4 Å². The number of aliphatic imine (C=N–C) groups is 1. The van der Waals surface area contributed by atoms with Gasteiger partial charge in [-0.25, -0.2) is 9.98 Å². The average molecular weight is 308 g/mol. The van der Waals surface area contributed by atoms with E-state index in [2.05, 4.69) is 25.3 Å². The molecule has 0 radical (unpaired) electrons. The molecule has 0 unspecified atom stereocenters. The van der Waals surface area contributed by atoms with E-state index in [1.807, 2.05) is 14.0 Å². The molecule has 0 atom stereocenters. The van der Waals surface area contributed by atoms with Gasteiger partial charge in [0.25, 0.3) is 0 Å². The molecule has 8 heteroatoms. The number of carbonyl (C=O) groups is 1. The Hall–Kier alpha value is -2.12. The fraction of sp³-hybridized carbons (Fsp3) is 0.714. The van der Waals surface area contributed by atoms with E-state index >= 15 is 0 Å². The number of aromatic nitrogens is 3. The number of rotatable bonds is 4. The van der Waals surface area contributed by atoms with Gasteiger partial charge in [-0.05, 0) is 19.8 Å². The number of piperidine rings is 1. The van der Waals surface area contributed by atoms with Crippen molar-refractivity contribution in [3.8, 4) is 0 Å². The molecule has 1 fully saturated rings. The summed E-state index contributed by atoms with van der Waals surface area (Å²) in [5.74, 6) is 1.57. The summed E-state index contributed by atoms with van der Waals surface area (Å²) in [4.78, 5) is 22.6. The maximum Gasteiger partial charge on any atom is 0.308 e. The topological polar surface area (TPSA) is 84.6 Å². The molecule has 0 amide bonds. The summed E-state index contributed by atoms with van der Waals surface area (Å²) in [6.07, 6.45) is 3.11. The predicted octanol–water partition coefficient (Wildman–Crippen LogP) is 0.166. The number of carbonyl (C=O) groups excluding carboxylic acids is 1. The molecule has 8 nitrogen and oxygen atoms in total. The van der Waals surface area contributed by atoms with Crippen LogP contribution >= 0.6 is 0 Å². The number of guanidine groups is 1. The zero-order chi connectivity index (χ0) is 15.9. The second kappa shape index (κ2) is 7.77. The Morgan fingerprint density at radius 1 is 1.50 bits per heavy atom. The normalized spacial score (nSPS) is 16.7. The maximum absolute atomic E-state index is 11.6. The van der Waals surface area contributed by atoms with E-state index in [0.717, 1.165) is 44.3 Å². The van der Waals surface area contributed by atoms with Crippen LogP contribution in [0.15, 0.2) is 11.3 Å². The summed E-state index contributed by atoms with van der Waals surface area (Å²) in [5.41, 5.74) is 0. The van der Waals surface area contributed by atoms with Crippen molar-refractivity contribution in [3.05, 3.63) is 12.2 Å². The highest BCUT2D eigenvalue weighted by Gasteiger charge is 2.26. The number of nitrogens with one attached hydrogen (secondary N) is 1. The van der Waals surface area contributed by atoms with Gasteiger partial charge < -0.3 is 15.0 Å². The Kier molecular flexibility index (Phi) is 5.74. The van der Waals surface area contributed by atoms with Crippen LogP contribution < -0.4 is 5.32 Å². The summed E-state index contributed by atoms with van der Waals surface area (Å²) >= 11 is 0. The maximum atomic E-state index is 11.6. The molecular formula is C14H24N6O2. The van der Waals surface area contributed by atoms with Crippen molar-refractivity contribution in [2.24, 2.45) is 18.0 Å². The Morgan fingerprint density at radius 3 is 2.77 bits per heavy atom. The van der Waals surface area contributed by atoms with Gasteiger partial charge in [-0.15, -0.1) is 0 Å². The van der Waals surface area contributed by atoms with E-state index < -0.39 is 0 Å². The van der Waals surface area contributed by atoms with Crippen LogP contribution in [0.1, 0.15) is 25.6 Å². The first-order valence-electron chi connectivity index (χ1n) is 7.59. The molecule has 2 heterocycles. The average Bonchev–Trinajstić information content (AvgIpc) is 2.96. The summed E-state index contributed by atoms with van der Waals surface area (Å²) in [6.45, 7) is 4.91. The first-order chi connectivity index (χ1) is 10.7. The monoisotopic (exact) mass is 308 g/mol. The molecule has 0 aromatic carbocycles. The predicted molar refractivity (Wildman–Crippen MR) is 82.1 cm³/mol. The minimum atomic E-state index is -0.110. The highest BCUT2D eigenvalue weighted by molar-refractivity contribution is 5.80. The van der Waals surface area contributed by atoms with Crippen LogP contribution in [0.4, 0.5) is 0 Å². The Labute approximate surface area is 130 Å². The second-order valence-electron chi connectivity index (χ2n) is 5.25. The molecule has 1 aliphatic heterocycles. The molecule has 1 aromatic rings. The zero-order valence-electron chi connectivity index (χ0n) is 13.4. The van der Waals surface area contributed by atoms with Gasteiger partial charge >= 0.3 is 5.97 Å². The fourth-order valence-corrected chi connectivity index (χ4v) is 2.53. The van der Waals surface area contributed by atoms with E-state index in [1.54, 1.807) is 4.68 Å². The van der Waals surface area contributed by atoms with Crippen LogP contribution in [0.5, 0.6) is 0 Å². The number of likely N-dealkylation sites (tertiary alicyclic amines) is 1. The molecule has 0 saturated carbocycles. The van der Waals surface area contributed by atoms with Crippen molar-refractivity contribution in [2.45, 2.75) is 26.3 Å². The Balaban J connectivity index is 1.97. The van der Waals surface area contributed by atoms with Gasteiger partial charge in [-0.2, -0.15) is 5.10 Å². The lowest BCUT2D eigenvalue weighted by molar-refractivity contribution is -0.146. The van der Waals surface area contributed by atoms with Crippen LogP contribution in [-0.2, 0) is 23.1 Å². The van der Waals surface area contributed by atoms with Gasteiger partial charge in [0.05, 0.1) is 13.0 Å². The van der Waals surface area contributed by atoms with E-state index in [4.69, 9.17) is 4.74 Å². The highest BCUT2D eigenvalue weighted by Crippen LogP contribution is 2.18. The Morgan fingerprint density at radius 2 is 2.23 bits per heavy atom. The molecule has 1 aromatic heterocycles. The lowest BCUT2D eigenvalue weighted by atomic mass is 9.97. The largest absolute Gasteiger partial charge is 0.469 e. The number of esters is 1. The molecule has 122 valence electrons. The quantitative estimate of drug-likeness (QED) is 0.485. The van der Waals surface area contributed by atoms with Crippen molar-refractivity contribution in [1.82, 2.24) is 25.0 Å². The minimum Gasteiger partial charge on any atom is -0.469 e. The van der Waals surface area contributed by atoms with Crippen molar-refractivity contribution in [2.75, 3.05) is 26.7 Å². The second-order valence-corrected chi connectivity index (χ2v) is 5.25. The van der Waals surface area contributed by atoms with Crippen molar-refractivity contribution < 1.29 is 9.53 Å².